The second-order valence-electron chi connectivity index (χ2n) is 6.00. The number of nitrogens with zero attached hydrogens (tertiary/aromatic N) is 1. The Morgan fingerprint density at radius 1 is 1.28 bits per heavy atom. The van der Waals surface area contributed by atoms with Crippen LogP contribution in [0.5, 0.6) is 0 Å². The average Bonchev–Trinajstić information content (AvgIpc) is 2.60. The molecule has 6 nitrogen and oxygen atoms in total. The Bertz CT molecular complexity index is 799. The highest BCUT2D eigenvalue weighted by molar-refractivity contribution is 8.00. The van der Waals surface area contributed by atoms with E-state index in [9.17, 15) is 9.59 Å². The summed E-state index contributed by atoms with van der Waals surface area (Å²) in [5.41, 5.74) is 1.10. The van der Waals surface area contributed by atoms with Gasteiger partial charge >= 0.3 is 5.63 Å². The fourth-order valence-corrected chi connectivity index (χ4v) is 3.53. The third-order valence-electron chi connectivity index (χ3n) is 4.15. The third-order valence-corrected chi connectivity index (χ3v) is 5.14. The molecule has 134 valence electrons. The fourth-order valence-electron chi connectivity index (χ4n) is 2.77. The van der Waals surface area contributed by atoms with Gasteiger partial charge < -0.3 is 14.5 Å². The minimum Gasteiger partial charge on any atom is -0.423 e. The Labute approximate surface area is 150 Å². The lowest BCUT2D eigenvalue weighted by atomic mass is 10.1. The minimum atomic E-state index is -0.354. The number of carbonyl (C=O) groups excluding carboxylic acids is 1. The van der Waals surface area contributed by atoms with Gasteiger partial charge in [0.1, 0.15) is 5.58 Å². The van der Waals surface area contributed by atoms with Crippen molar-refractivity contribution >= 4 is 28.6 Å². The minimum absolute atomic E-state index is 0.00375. The maximum absolute atomic E-state index is 12.0. The summed E-state index contributed by atoms with van der Waals surface area (Å²) in [4.78, 5) is 26.7. The molecule has 1 saturated heterocycles. The second kappa shape index (κ2) is 8.51. The van der Waals surface area contributed by atoms with Crippen molar-refractivity contribution in [2.45, 2.75) is 11.8 Å². The average molecular weight is 362 g/mol. The van der Waals surface area contributed by atoms with E-state index < -0.39 is 0 Å². The molecule has 7 heteroatoms. The van der Waals surface area contributed by atoms with Crippen LogP contribution in [0.25, 0.3) is 11.0 Å². The normalized spacial score (nSPS) is 15.4. The van der Waals surface area contributed by atoms with Crippen LogP contribution in [0.2, 0.25) is 0 Å². The molecular formula is C18H22N2O4S. The Balaban J connectivity index is 1.48. The summed E-state index contributed by atoms with van der Waals surface area (Å²) >= 11 is 1.43. The van der Waals surface area contributed by atoms with Crippen LogP contribution in [-0.4, -0.2) is 56.0 Å². The first kappa shape index (κ1) is 18.0. The summed E-state index contributed by atoms with van der Waals surface area (Å²) < 4.78 is 10.5. The fraction of sp³-hybridized carbons (Fsp3) is 0.444. The Hall–Kier alpha value is -1.83. The highest BCUT2D eigenvalue weighted by atomic mass is 32.2. The van der Waals surface area contributed by atoms with Crippen molar-refractivity contribution in [3.05, 3.63) is 40.2 Å². The van der Waals surface area contributed by atoms with Crippen LogP contribution in [0.1, 0.15) is 5.56 Å². The van der Waals surface area contributed by atoms with Gasteiger partial charge in [-0.15, -0.1) is 11.8 Å². The Morgan fingerprint density at radius 3 is 2.88 bits per heavy atom. The number of hydrogen-bond acceptors (Lipinski definition) is 6. The van der Waals surface area contributed by atoms with E-state index >= 15 is 0 Å². The number of ether oxygens (including phenoxy) is 1. The van der Waals surface area contributed by atoms with Crippen molar-refractivity contribution in [1.29, 1.82) is 0 Å². The molecular weight excluding hydrogens is 340 g/mol. The Kier molecular flexibility index (Phi) is 6.12. The van der Waals surface area contributed by atoms with E-state index in [1.54, 1.807) is 0 Å². The highest BCUT2D eigenvalue weighted by Crippen LogP contribution is 2.24. The van der Waals surface area contributed by atoms with Crippen LogP contribution >= 0.6 is 11.8 Å². The number of carbonyl (C=O) groups is 1. The first-order valence-electron chi connectivity index (χ1n) is 8.36. The molecule has 25 heavy (non-hydrogen) atoms. The summed E-state index contributed by atoms with van der Waals surface area (Å²) in [6.07, 6.45) is 0. The third kappa shape index (κ3) is 5.07. The number of nitrogens with one attached hydrogen (secondary N) is 1. The zero-order chi connectivity index (χ0) is 17.6. The molecule has 2 heterocycles. The number of fused-ring (bicyclic) bond motifs is 1. The maximum atomic E-state index is 12.0. The van der Waals surface area contributed by atoms with Gasteiger partial charge in [0, 0.05) is 42.5 Å². The summed E-state index contributed by atoms with van der Waals surface area (Å²) in [7, 11) is 0. The van der Waals surface area contributed by atoms with E-state index in [1.165, 1.54) is 17.8 Å². The van der Waals surface area contributed by atoms with Crippen LogP contribution in [-0.2, 0) is 9.53 Å². The van der Waals surface area contributed by atoms with Gasteiger partial charge in [-0.3, -0.25) is 9.69 Å². The van der Waals surface area contributed by atoms with Crippen LogP contribution in [0.3, 0.4) is 0 Å². The van der Waals surface area contributed by atoms with E-state index in [0.29, 0.717) is 17.9 Å². The molecule has 1 N–H and O–H groups in total. The van der Waals surface area contributed by atoms with E-state index in [4.69, 9.17) is 9.15 Å². The lowest BCUT2D eigenvalue weighted by Crippen LogP contribution is -2.41. The molecule has 0 saturated carbocycles. The molecule has 0 spiro atoms. The molecule has 0 aliphatic carbocycles. The van der Waals surface area contributed by atoms with E-state index in [2.05, 4.69) is 10.2 Å². The van der Waals surface area contributed by atoms with Crippen molar-refractivity contribution in [2.75, 3.05) is 45.1 Å². The molecule has 0 bridgehead atoms. The zero-order valence-electron chi connectivity index (χ0n) is 14.2. The SMILES string of the molecule is Cc1cc(=O)oc2cc(SCC(=O)NCCN3CCOCC3)ccc12. The first-order chi connectivity index (χ1) is 12.1. The summed E-state index contributed by atoms with van der Waals surface area (Å²) in [5, 5.41) is 3.86. The second-order valence-corrected chi connectivity index (χ2v) is 7.05. The molecule has 0 atom stereocenters. The Morgan fingerprint density at radius 2 is 2.08 bits per heavy atom. The molecule has 1 fully saturated rings. The van der Waals surface area contributed by atoms with Crippen molar-refractivity contribution in [3.63, 3.8) is 0 Å². The molecule has 0 unspecified atom stereocenters. The van der Waals surface area contributed by atoms with Crippen LogP contribution in [0.4, 0.5) is 0 Å². The van der Waals surface area contributed by atoms with Gasteiger partial charge in [0.25, 0.3) is 0 Å². The molecule has 3 rings (SSSR count). The van der Waals surface area contributed by atoms with Crippen molar-refractivity contribution in [2.24, 2.45) is 0 Å². The predicted octanol–water partition coefficient (Wildman–Crippen LogP) is 1.64. The van der Waals surface area contributed by atoms with Gasteiger partial charge in [-0.25, -0.2) is 4.79 Å². The quantitative estimate of drug-likeness (QED) is 0.622. The van der Waals surface area contributed by atoms with Crippen molar-refractivity contribution in [3.8, 4) is 0 Å². The van der Waals surface area contributed by atoms with Gasteiger partial charge in [-0.05, 0) is 30.7 Å². The molecule has 1 aliphatic heterocycles. The van der Waals surface area contributed by atoms with E-state index in [1.807, 2.05) is 25.1 Å². The van der Waals surface area contributed by atoms with Gasteiger partial charge in [-0.2, -0.15) is 0 Å². The lowest BCUT2D eigenvalue weighted by Gasteiger charge is -2.26. The van der Waals surface area contributed by atoms with Crippen LogP contribution < -0.4 is 10.9 Å². The van der Waals surface area contributed by atoms with Crippen LogP contribution in [0, 0.1) is 6.92 Å². The predicted molar refractivity (Wildman–Crippen MR) is 98.2 cm³/mol. The largest absolute Gasteiger partial charge is 0.423 e. The highest BCUT2D eigenvalue weighted by Gasteiger charge is 2.10. The monoisotopic (exact) mass is 362 g/mol. The number of thioether (sulfide) groups is 1. The van der Waals surface area contributed by atoms with E-state index in [-0.39, 0.29) is 11.5 Å². The maximum Gasteiger partial charge on any atom is 0.336 e. The van der Waals surface area contributed by atoms with Crippen LogP contribution in [0.15, 0.2) is 38.4 Å². The summed E-state index contributed by atoms with van der Waals surface area (Å²) in [6.45, 7) is 6.75. The number of hydrogen-bond donors (Lipinski definition) is 1. The molecule has 2 aromatic rings. The summed E-state index contributed by atoms with van der Waals surface area (Å²) in [5.74, 6) is 0.342. The van der Waals surface area contributed by atoms with Gasteiger partial charge in [0.15, 0.2) is 0 Å². The summed E-state index contributed by atoms with van der Waals surface area (Å²) in [6, 6.07) is 7.17. The van der Waals surface area contributed by atoms with Gasteiger partial charge in [0.05, 0.1) is 19.0 Å². The molecule has 1 amide bonds. The first-order valence-corrected chi connectivity index (χ1v) is 9.34. The standard InChI is InChI=1S/C18H22N2O4S/c1-13-10-18(22)24-16-11-14(2-3-15(13)16)25-12-17(21)19-4-5-20-6-8-23-9-7-20/h2-3,10-11H,4-9,12H2,1H3,(H,19,21). The number of rotatable bonds is 6. The number of benzene rings is 1. The smallest absolute Gasteiger partial charge is 0.336 e. The number of morpholine rings is 1. The number of amides is 1. The zero-order valence-corrected chi connectivity index (χ0v) is 15.1. The molecule has 1 aromatic heterocycles. The van der Waals surface area contributed by atoms with Crippen molar-refractivity contribution in [1.82, 2.24) is 10.2 Å². The van der Waals surface area contributed by atoms with Crippen molar-refractivity contribution < 1.29 is 13.9 Å². The number of aryl methyl sites for hydroxylation is 1. The topological polar surface area (TPSA) is 71.8 Å². The molecule has 1 aromatic carbocycles. The van der Waals surface area contributed by atoms with Gasteiger partial charge in [-0.1, -0.05) is 0 Å². The van der Waals surface area contributed by atoms with E-state index in [0.717, 1.165) is 48.7 Å². The molecule has 0 radical (unpaired) electrons. The molecule has 1 aliphatic rings. The van der Waals surface area contributed by atoms with Gasteiger partial charge in [0.2, 0.25) is 5.91 Å². The lowest BCUT2D eigenvalue weighted by molar-refractivity contribution is -0.118.